The molecule has 4 nitrogen and oxygen atoms in total. The second-order valence-electron chi connectivity index (χ2n) is 5.70. The number of nitrogens with one attached hydrogen (secondary N) is 1. The summed E-state index contributed by atoms with van der Waals surface area (Å²) in [6.07, 6.45) is 3.01. The Kier molecular flexibility index (Phi) is 5.30. The van der Waals surface area contributed by atoms with Gasteiger partial charge in [0, 0.05) is 41.7 Å². The maximum absolute atomic E-state index is 12.3. The van der Waals surface area contributed by atoms with Gasteiger partial charge in [-0.15, -0.1) is 11.3 Å². The first-order chi connectivity index (χ1) is 11.2. The molecule has 2 heterocycles. The topological polar surface area (TPSA) is 44.7 Å². The summed E-state index contributed by atoms with van der Waals surface area (Å²) in [7, 11) is 0. The minimum absolute atomic E-state index is 0.223. The molecule has 1 aromatic heterocycles. The Morgan fingerprint density at radius 2 is 2.09 bits per heavy atom. The van der Waals surface area contributed by atoms with E-state index in [4.69, 9.17) is 11.6 Å². The molecule has 0 saturated carbocycles. The molecule has 3 rings (SSSR count). The van der Waals surface area contributed by atoms with E-state index in [9.17, 15) is 4.79 Å². The highest BCUT2D eigenvalue weighted by atomic mass is 35.5. The fraction of sp³-hybridized carbons (Fsp3) is 0.412. The molecule has 0 unspecified atom stereocenters. The minimum Gasteiger partial charge on any atom is -0.303 e. The molecule has 1 amide bonds. The van der Waals surface area contributed by atoms with Crippen LogP contribution in [0.4, 0.5) is 0 Å². The van der Waals surface area contributed by atoms with Crippen molar-refractivity contribution in [3.63, 3.8) is 0 Å². The second-order valence-corrected chi connectivity index (χ2v) is 7.13. The quantitative estimate of drug-likeness (QED) is 0.843. The van der Waals surface area contributed by atoms with Crippen molar-refractivity contribution in [1.29, 1.82) is 0 Å². The van der Waals surface area contributed by atoms with Crippen LogP contribution >= 0.6 is 22.9 Å². The Labute approximate surface area is 145 Å². The molecule has 1 N–H and O–H groups in total. The van der Waals surface area contributed by atoms with Crippen LogP contribution in [-0.2, 0) is 0 Å². The first kappa shape index (κ1) is 16.4. The third-order valence-corrected chi connectivity index (χ3v) is 5.70. The zero-order valence-corrected chi connectivity index (χ0v) is 14.7. The van der Waals surface area contributed by atoms with E-state index in [0.717, 1.165) is 48.3 Å². The standard InChI is InChI=1S/C17H20ClN3OS/c1-2-9-21-10-7-12(8-11-21)19-20-17(22)16-15(18)13-5-3-4-6-14(13)23-16/h3-6H,2,7-11H2,1H3,(H,20,22). The molecule has 1 saturated heterocycles. The number of likely N-dealkylation sites (tertiary alicyclic amines) is 1. The number of amides is 1. The molecule has 1 fully saturated rings. The fourth-order valence-corrected chi connectivity index (χ4v) is 4.21. The van der Waals surface area contributed by atoms with Crippen LogP contribution in [0.3, 0.4) is 0 Å². The number of carbonyl (C=O) groups is 1. The van der Waals surface area contributed by atoms with Crippen LogP contribution in [0.1, 0.15) is 35.9 Å². The van der Waals surface area contributed by atoms with Crippen molar-refractivity contribution in [1.82, 2.24) is 10.3 Å². The van der Waals surface area contributed by atoms with Crippen molar-refractivity contribution in [2.45, 2.75) is 26.2 Å². The molecule has 0 atom stereocenters. The van der Waals surface area contributed by atoms with Crippen molar-refractivity contribution < 1.29 is 4.79 Å². The van der Waals surface area contributed by atoms with Crippen molar-refractivity contribution in [3.8, 4) is 0 Å². The molecule has 122 valence electrons. The Balaban J connectivity index is 1.65. The lowest BCUT2D eigenvalue weighted by Gasteiger charge is -2.26. The summed E-state index contributed by atoms with van der Waals surface area (Å²) < 4.78 is 1.02. The SMILES string of the molecule is CCCN1CCC(=NNC(=O)c2sc3ccccc3c2Cl)CC1. The molecule has 0 aliphatic carbocycles. The van der Waals surface area contributed by atoms with Gasteiger partial charge in [-0.2, -0.15) is 5.10 Å². The predicted molar refractivity (Wildman–Crippen MR) is 97.7 cm³/mol. The van der Waals surface area contributed by atoms with Crippen LogP contribution in [0.15, 0.2) is 29.4 Å². The van der Waals surface area contributed by atoms with Crippen LogP contribution in [-0.4, -0.2) is 36.2 Å². The van der Waals surface area contributed by atoms with Gasteiger partial charge in [-0.1, -0.05) is 36.7 Å². The van der Waals surface area contributed by atoms with Gasteiger partial charge in [0.2, 0.25) is 0 Å². The largest absolute Gasteiger partial charge is 0.303 e. The molecule has 6 heteroatoms. The number of hydrogen-bond donors (Lipinski definition) is 1. The van der Waals surface area contributed by atoms with Crippen molar-refractivity contribution >= 4 is 44.6 Å². The van der Waals surface area contributed by atoms with Gasteiger partial charge < -0.3 is 4.90 Å². The van der Waals surface area contributed by atoms with E-state index in [1.165, 1.54) is 17.8 Å². The molecule has 1 aliphatic rings. The molecule has 0 radical (unpaired) electrons. The van der Waals surface area contributed by atoms with E-state index < -0.39 is 0 Å². The van der Waals surface area contributed by atoms with Gasteiger partial charge in [-0.3, -0.25) is 4.79 Å². The van der Waals surface area contributed by atoms with Gasteiger partial charge in [0.1, 0.15) is 4.88 Å². The van der Waals surface area contributed by atoms with Gasteiger partial charge in [-0.05, 0) is 19.0 Å². The summed E-state index contributed by atoms with van der Waals surface area (Å²) in [4.78, 5) is 15.3. The summed E-state index contributed by atoms with van der Waals surface area (Å²) in [5.74, 6) is -0.223. The van der Waals surface area contributed by atoms with Crippen LogP contribution in [0.5, 0.6) is 0 Å². The number of fused-ring (bicyclic) bond motifs is 1. The van der Waals surface area contributed by atoms with Crippen LogP contribution < -0.4 is 5.43 Å². The number of halogens is 1. The van der Waals surface area contributed by atoms with Gasteiger partial charge in [0.25, 0.3) is 5.91 Å². The summed E-state index contributed by atoms with van der Waals surface area (Å²) in [6.45, 7) is 5.37. The first-order valence-electron chi connectivity index (χ1n) is 7.94. The zero-order valence-electron chi connectivity index (χ0n) is 13.1. The smallest absolute Gasteiger partial charge is 0.283 e. The normalized spacial score (nSPS) is 15.8. The lowest BCUT2D eigenvalue weighted by Crippen LogP contribution is -2.35. The van der Waals surface area contributed by atoms with E-state index in [0.29, 0.717) is 9.90 Å². The Morgan fingerprint density at radius 1 is 1.35 bits per heavy atom. The number of piperidine rings is 1. The molecule has 0 spiro atoms. The molecule has 0 bridgehead atoms. The monoisotopic (exact) mass is 349 g/mol. The average Bonchev–Trinajstić information content (AvgIpc) is 2.92. The van der Waals surface area contributed by atoms with E-state index in [1.807, 2.05) is 24.3 Å². The van der Waals surface area contributed by atoms with Crippen LogP contribution in [0, 0.1) is 0 Å². The summed E-state index contributed by atoms with van der Waals surface area (Å²) in [5.41, 5.74) is 3.73. The van der Waals surface area contributed by atoms with E-state index in [1.54, 1.807) is 0 Å². The lowest BCUT2D eigenvalue weighted by molar-refractivity contribution is 0.0958. The number of carbonyl (C=O) groups excluding carboxylic acids is 1. The van der Waals surface area contributed by atoms with Gasteiger partial charge in [0.05, 0.1) is 5.02 Å². The Hall–Kier alpha value is -1.43. The second kappa shape index (κ2) is 7.43. The number of thiophene rings is 1. The van der Waals surface area contributed by atoms with Crippen molar-refractivity contribution in [2.24, 2.45) is 5.10 Å². The molecular weight excluding hydrogens is 330 g/mol. The highest BCUT2D eigenvalue weighted by molar-refractivity contribution is 7.21. The average molecular weight is 350 g/mol. The Morgan fingerprint density at radius 3 is 2.78 bits per heavy atom. The number of hydrazone groups is 1. The van der Waals surface area contributed by atoms with E-state index in [2.05, 4.69) is 22.4 Å². The number of hydrogen-bond acceptors (Lipinski definition) is 4. The summed E-state index contributed by atoms with van der Waals surface area (Å²) in [6, 6.07) is 7.77. The predicted octanol–water partition coefficient (Wildman–Crippen LogP) is 4.15. The molecule has 2 aromatic rings. The van der Waals surface area contributed by atoms with Crippen LogP contribution in [0.2, 0.25) is 5.02 Å². The number of nitrogens with zero attached hydrogens (tertiary/aromatic N) is 2. The Bertz CT molecular complexity index is 731. The van der Waals surface area contributed by atoms with Crippen molar-refractivity contribution in [3.05, 3.63) is 34.2 Å². The first-order valence-corrected chi connectivity index (χ1v) is 9.13. The third kappa shape index (κ3) is 3.74. The maximum Gasteiger partial charge on any atom is 0.283 e. The van der Waals surface area contributed by atoms with Gasteiger partial charge >= 0.3 is 0 Å². The van der Waals surface area contributed by atoms with Gasteiger partial charge in [-0.25, -0.2) is 5.43 Å². The highest BCUT2D eigenvalue weighted by Crippen LogP contribution is 2.34. The molecule has 1 aliphatic heterocycles. The highest BCUT2D eigenvalue weighted by Gasteiger charge is 2.18. The maximum atomic E-state index is 12.3. The van der Waals surface area contributed by atoms with E-state index in [-0.39, 0.29) is 5.91 Å². The molecule has 1 aromatic carbocycles. The lowest BCUT2D eigenvalue weighted by atomic mass is 10.1. The number of rotatable bonds is 4. The molecular formula is C17H20ClN3OS. The van der Waals surface area contributed by atoms with E-state index >= 15 is 0 Å². The summed E-state index contributed by atoms with van der Waals surface area (Å²) >= 11 is 7.73. The third-order valence-electron chi connectivity index (χ3n) is 4.03. The van der Waals surface area contributed by atoms with Crippen LogP contribution in [0.25, 0.3) is 10.1 Å². The zero-order chi connectivity index (χ0) is 16.2. The fourth-order valence-electron chi connectivity index (χ4n) is 2.80. The summed E-state index contributed by atoms with van der Waals surface area (Å²) in [5, 5.41) is 5.74. The minimum atomic E-state index is -0.223. The molecule has 23 heavy (non-hydrogen) atoms. The van der Waals surface area contributed by atoms with Gasteiger partial charge in [0.15, 0.2) is 0 Å². The number of benzene rings is 1. The van der Waals surface area contributed by atoms with Crippen molar-refractivity contribution in [2.75, 3.05) is 19.6 Å².